The van der Waals surface area contributed by atoms with Crippen LogP contribution < -0.4 is 0 Å². The zero-order chi connectivity index (χ0) is 16.4. The van der Waals surface area contributed by atoms with Crippen LogP contribution >= 0.6 is 0 Å². The molecule has 1 saturated heterocycles. The van der Waals surface area contributed by atoms with Crippen molar-refractivity contribution < 1.29 is 33.8 Å². The zero-order valence-electron chi connectivity index (χ0n) is 12.8. The molecule has 1 aliphatic rings. The molecule has 0 saturated carbocycles. The van der Waals surface area contributed by atoms with Crippen LogP contribution in [0.5, 0.6) is 0 Å². The lowest BCUT2D eigenvalue weighted by Gasteiger charge is -2.16. The third-order valence-corrected chi connectivity index (χ3v) is 2.98. The van der Waals surface area contributed by atoms with Crippen LogP contribution in [-0.4, -0.2) is 61.0 Å². The van der Waals surface area contributed by atoms with Crippen LogP contribution in [-0.2, 0) is 28.7 Å². The first-order valence-corrected chi connectivity index (χ1v) is 7.40. The van der Waals surface area contributed by atoms with Crippen molar-refractivity contribution in [1.29, 1.82) is 0 Å². The Morgan fingerprint density at radius 3 is 2.36 bits per heavy atom. The first kappa shape index (κ1) is 18.5. The fraction of sp³-hybridized carbons (Fsp3) is 0.786. The lowest BCUT2D eigenvalue weighted by molar-refractivity contribution is -0.201. The van der Waals surface area contributed by atoms with Crippen molar-refractivity contribution in [3.8, 4) is 0 Å². The average molecular weight is 317 g/mol. The molecule has 2 amide bonds. The number of carbonyl (C=O) groups excluding carboxylic acids is 3. The van der Waals surface area contributed by atoms with E-state index < -0.39 is 23.7 Å². The summed E-state index contributed by atoms with van der Waals surface area (Å²) in [6.45, 7) is 3.32. The van der Waals surface area contributed by atoms with E-state index in [1.54, 1.807) is 6.92 Å². The van der Waals surface area contributed by atoms with Gasteiger partial charge in [-0.1, -0.05) is 0 Å². The topological polar surface area (TPSA) is 102 Å². The van der Waals surface area contributed by atoms with E-state index in [2.05, 4.69) is 0 Å². The van der Waals surface area contributed by atoms with Gasteiger partial charge in [-0.05, 0) is 19.8 Å². The van der Waals surface area contributed by atoms with E-state index in [4.69, 9.17) is 19.4 Å². The number of nitrogens with zero attached hydrogens (tertiary/aromatic N) is 1. The van der Waals surface area contributed by atoms with E-state index in [9.17, 15) is 14.4 Å². The third-order valence-electron chi connectivity index (χ3n) is 2.98. The maximum Gasteiger partial charge on any atom is 0.338 e. The summed E-state index contributed by atoms with van der Waals surface area (Å²) in [6.07, 6.45) is 1.44. The molecule has 1 rings (SSSR count). The molecule has 0 aromatic carbocycles. The van der Waals surface area contributed by atoms with Crippen molar-refractivity contribution in [2.24, 2.45) is 5.92 Å². The van der Waals surface area contributed by atoms with Gasteiger partial charge in [-0.15, -0.1) is 5.06 Å². The fourth-order valence-electron chi connectivity index (χ4n) is 1.70. The minimum Gasteiger partial charge on any atom is -0.396 e. The fourth-order valence-corrected chi connectivity index (χ4v) is 1.70. The number of aliphatic hydroxyl groups excluding tert-OH is 1. The van der Waals surface area contributed by atoms with E-state index in [0.29, 0.717) is 37.7 Å². The molecule has 0 bridgehead atoms. The second-order valence-electron chi connectivity index (χ2n) is 5.01. The van der Waals surface area contributed by atoms with Gasteiger partial charge in [0.05, 0.1) is 12.5 Å². The van der Waals surface area contributed by atoms with Gasteiger partial charge >= 0.3 is 5.97 Å². The zero-order valence-corrected chi connectivity index (χ0v) is 12.8. The summed E-state index contributed by atoms with van der Waals surface area (Å²) in [7, 11) is 0. The summed E-state index contributed by atoms with van der Waals surface area (Å²) in [5, 5.41) is 9.10. The highest BCUT2D eigenvalue weighted by atomic mass is 16.7. The van der Waals surface area contributed by atoms with Crippen LogP contribution in [0.2, 0.25) is 0 Å². The SMILES string of the molecule is CC(COCCCOCCCO)C(=O)ON1C(=O)CCC1=O. The molecule has 1 atom stereocenters. The number of carbonyl (C=O) groups is 3. The number of hydrogen-bond acceptors (Lipinski definition) is 7. The van der Waals surface area contributed by atoms with Gasteiger partial charge < -0.3 is 19.4 Å². The summed E-state index contributed by atoms with van der Waals surface area (Å²) in [5.74, 6) is -2.22. The third kappa shape index (κ3) is 6.50. The molecule has 1 aliphatic heterocycles. The first-order chi connectivity index (χ1) is 10.6. The molecule has 22 heavy (non-hydrogen) atoms. The van der Waals surface area contributed by atoms with E-state index in [-0.39, 0.29) is 26.1 Å². The molecule has 126 valence electrons. The Bertz CT molecular complexity index is 369. The molecule has 0 aromatic rings. The number of ether oxygens (including phenoxy) is 2. The molecule has 0 aliphatic carbocycles. The number of amides is 2. The Balaban J connectivity index is 2.09. The van der Waals surface area contributed by atoms with E-state index in [1.165, 1.54) is 0 Å². The van der Waals surface area contributed by atoms with Gasteiger partial charge in [0.2, 0.25) is 0 Å². The quantitative estimate of drug-likeness (QED) is 0.424. The maximum atomic E-state index is 11.7. The minimum absolute atomic E-state index is 0.0767. The molecule has 0 spiro atoms. The Labute approximate surface area is 129 Å². The van der Waals surface area contributed by atoms with Crippen LogP contribution in [0.25, 0.3) is 0 Å². The molecule has 1 heterocycles. The van der Waals surface area contributed by atoms with Gasteiger partial charge in [-0.3, -0.25) is 9.59 Å². The van der Waals surface area contributed by atoms with Crippen LogP contribution in [0, 0.1) is 5.92 Å². The predicted octanol–water partition coefficient (Wildman–Crippen LogP) is 0.0354. The summed E-state index contributed by atoms with van der Waals surface area (Å²) in [4.78, 5) is 39.2. The Kier molecular flexibility index (Phi) is 8.64. The van der Waals surface area contributed by atoms with E-state index in [1.807, 2.05) is 0 Å². The summed E-state index contributed by atoms with van der Waals surface area (Å²) in [5.41, 5.74) is 0. The van der Waals surface area contributed by atoms with Gasteiger partial charge in [-0.25, -0.2) is 4.79 Å². The standard InChI is InChI=1S/C14H23NO7/c1-11(10-21-9-3-8-20-7-2-6-16)14(19)22-15-12(17)4-5-13(15)18/h11,16H,2-10H2,1H3. The lowest BCUT2D eigenvalue weighted by atomic mass is 10.2. The van der Waals surface area contributed by atoms with Crippen molar-refractivity contribution in [3.05, 3.63) is 0 Å². The molecule has 1 N–H and O–H groups in total. The van der Waals surface area contributed by atoms with Crippen molar-refractivity contribution in [1.82, 2.24) is 5.06 Å². The smallest absolute Gasteiger partial charge is 0.338 e. The molecular weight excluding hydrogens is 294 g/mol. The molecule has 0 radical (unpaired) electrons. The first-order valence-electron chi connectivity index (χ1n) is 7.40. The summed E-state index contributed by atoms with van der Waals surface area (Å²) >= 11 is 0. The average Bonchev–Trinajstić information content (AvgIpc) is 2.81. The van der Waals surface area contributed by atoms with Crippen molar-refractivity contribution >= 4 is 17.8 Å². The van der Waals surface area contributed by atoms with Crippen molar-refractivity contribution in [2.75, 3.05) is 33.0 Å². The Morgan fingerprint density at radius 2 is 1.73 bits per heavy atom. The highest BCUT2D eigenvalue weighted by Gasteiger charge is 2.33. The van der Waals surface area contributed by atoms with Crippen molar-refractivity contribution in [3.63, 3.8) is 0 Å². The molecule has 1 fully saturated rings. The molecule has 8 nitrogen and oxygen atoms in total. The normalized spacial score (nSPS) is 16.2. The molecule has 8 heteroatoms. The number of hydrogen-bond donors (Lipinski definition) is 1. The van der Waals surface area contributed by atoms with Crippen LogP contribution in [0.1, 0.15) is 32.6 Å². The Hall–Kier alpha value is -1.51. The van der Waals surface area contributed by atoms with Gasteiger partial charge in [0.1, 0.15) is 0 Å². The van der Waals surface area contributed by atoms with E-state index in [0.717, 1.165) is 0 Å². The number of hydroxylamine groups is 2. The van der Waals surface area contributed by atoms with Crippen LogP contribution in [0.3, 0.4) is 0 Å². The predicted molar refractivity (Wildman–Crippen MR) is 74.3 cm³/mol. The molecule has 0 aromatic heterocycles. The maximum absolute atomic E-state index is 11.7. The minimum atomic E-state index is -0.664. The lowest BCUT2D eigenvalue weighted by Crippen LogP contribution is -2.35. The van der Waals surface area contributed by atoms with Gasteiger partial charge in [0.25, 0.3) is 11.8 Å². The van der Waals surface area contributed by atoms with Crippen molar-refractivity contribution in [2.45, 2.75) is 32.6 Å². The summed E-state index contributed by atoms with van der Waals surface area (Å²) < 4.78 is 10.6. The monoisotopic (exact) mass is 317 g/mol. The van der Waals surface area contributed by atoms with Crippen LogP contribution in [0.4, 0.5) is 0 Å². The number of imide groups is 1. The van der Waals surface area contributed by atoms with Gasteiger partial charge in [-0.2, -0.15) is 0 Å². The highest BCUT2D eigenvalue weighted by Crippen LogP contribution is 2.14. The summed E-state index contributed by atoms with van der Waals surface area (Å²) in [6, 6.07) is 0. The number of rotatable bonds is 11. The van der Waals surface area contributed by atoms with Gasteiger partial charge in [0.15, 0.2) is 0 Å². The molecular formula is C14H23NO7. The highest BCUT2D eigenvalue weighted by molar-refractivity contribution is 6.01. The van der Waals surface area contributed by atoms with Gasteiger partial charge in [0, 0.05) is 39.3 Å². The second-order valence-corrected chi connectivity index (χ2v) is 5.01. The van der Waals surface area contributed by atoms with E-state index >= 15 is 0 Å². The van der Waals surface area contributed by atoms with Crippen LogP contribution in [0.15, 0.2) is 0 Å². The second kappa shape index (κ2) is 10.3. The molecule has 1 unspecified atom stereocenters. The number of aliphatic hydroxyl groups is 1. The Morgan fingerprint density at radius 1 is 1.14 bits per heavy atom. The largest absolute Gasteiger partial charge is 0.396 e.